The molecule has 1 aromatic heterocycles. The Labute approximate surface area is 236 Å². The Bertz CT molecular complexity index is 1600. The first-order chi connectivity index (χ1) is 19.1. The third-order valence-corrected chi connectivity index (χ3v) is 7.66. The van der Waals surface area contributed by atoms with Crippen molar-refractivity contribution in [2.75, 3.05) is 6.54 Å². The lowest BCUT2D eigenvalue weighted by Crippen LogP contribution is -2.25. The van der Waals surface area contributed by atoms with E-state index < -0.39 is 16.0 Å². The van der Waals surface area contributed by atoms with E-state index in [0.717, 1.165) is 5.56 Å². The van der Waals surface area contributed by atoms with Crippen LogP contribution < -0.4 is 14.8 Å². The first-order valence-corrected chi connectivity index (χ1v) is 14.1. The number of aromatic nitrogens is 2. The minimum atomic E-state index is -3.89. The first kappa shape index (κ1) is 28.8. The van der Waals surface area contributed by atoms with Crippen LogP contribution in [0.5, 0.6) is 11.5 Å². The van der Waals surface area contributed by atoms with Crippen LogP contribution in [-0.4, -0.2) is 41.5 Å². The van der Waals surface area contributed by atoms with Crippen molar-refractivity contribution in [3.63, 3.8) is 0 Å². The van der Waals surface area contributed by atoms with E-state index in [4.69, 9.17) is 16.3 Å². The van der Waals surface area contributed by atoms with Crippen molar-refractivity contribution < 1.29 is 27.9 Å². The molecule has 0 spiro atoms. The minimum Gasteiger partial charge on any atom is -0.481 e. The van der Waals surface area contributed by atoms with Crippen molar-refractivity contribution in [2.45, 2.75) is 24.4 Å². The average molecular weight is 583 g/mol. The zero-order valence-electron chi connectivity index (χ0n) is 21.5. The van der Waals surface area contributed by atoms with Crippen molar-refractivity contribution in [2.24, 2.45) is 7.05 Å². The highest BCUT2D eigenvalue weighted by molar-refractivity contribution is 7.89. The summed E-state index contributed by atoms with van der Waals surface area (Å²) in [5.41, 5.74) is 2.43. The second-order valence-corrected chi connectivity index (χ2v) is 11.1. The molecule has 12 heteroatoms. The molecule has 0 atom stereocenters. The normalized spacial score (nSPS) is 11.2. The number of carbonyl (C=O) groups is 2. The van der Waals surface area contributed by atoms with E-state index in [9.17, 15) is 23.1 Å². The number of hydrogen-bond acceptors (Lipinski definition) is 6. The molecule has 0 saturated heterocycles. The SMILES string of the molecule is Cn1cncc1S(=O)(=O)NCc1cc(CC(=O)O)ccc1Oc1ccc(C(=O)NCCc2ccc(Cl)cc2)cc1. The highest BCUT2D eigenvalue weighted by Crippen LogP contribution is 2.27. The molecule has 0 radical (unpaired) electrons. The molecule has 10 nitrogen and oxygen atoms in total. The zero-order chi connectivity index (χ0) is 28.7. The van der Waals surface area contributed by atoms with Gasteiger partial charge in [0.2, 0.25) is 0 Å². The van der Waals surface area contributed by atoms with Crippen molar-refractivity contribution in [1.29, 1.82) is 0 Å². The molecular weight excluding hydrogens is 556 g/mol. The number of sulfonamides is 1. The number of aryl methyl sites for hydroxylation is 1. The lowest BCUT2D eigenvalue weighted by Gasteiger charge is -2.14. The summed E-state index contributed by atoms with van der Waals surface area (Å²) >= 11 is 5.90. The largest absolute Gasteiger partial charge is 0.481 e. The van der Waals surface area contributed by atoms with Crippen molar-refractivity contribution in [3.8, 4) is 11.5 Å². The van der Waals surface area contributed by atoms with Crippen LogP contribution in [0.25, 0.3) is 0 Å². The minimum absolute atomic E-state index is 0.0151. The third-order valence-electron chi connectivity index (χ3n) is 5.94. The Balaban J connectivity index is 1.43. The molecule has 4 rings (SSSR count). The van der Waals surface area contributed by atoms with Crippen LogP contribution in [0, 0.1) is 0 Å². The van der Waals surface area contributed by atoms with Crippen LogP contribution in [0.15, 0.2) is 84.3 Å². The van der Waals surface area contributed by atoms with E-state index in [1.165, 1.54) is 17.1 Å². The number of hydrogen-bond donors (Lipinski definition) is 3. The first-order valence-electron chi connectivity index (χ1n) is 12.2. The Hall–Kier alpha value is -4.19. The van der Waals surface area contributed by atoms with Gasteiger partial charge in [-0.1, -0.05) is 35.9 Å². The summed E-state index contributed by atoms with van der Waals surface area (Å²) in [6.07, 6.45) is 3.04. The number of carboxylic acid groups (broad SMARTS) is 1. The number of benzene rings is 3. The van der Waals surface area contributed by atoms with Crippen LogP contribution >= 0.6 is 11.6 Å². The number of carboxylic acids is 1. The number of amides is 1. The predicted octanol–water partition coefficient (Wildman–Crippen LogP) is 3.94. The highest BCUT2D eigenvalue weighted by Gasteiger charge is 2.19. The topological polar surface area (TPSA) is 140 Å². The molecule has 0 aliphatic rings. The van der Waals surface area contributed by atoms with Crippen LogP contribution in [-0.2, 0) is 41.3 Å². The summed E-state index contributed by atoms with van der Waals surface area (Å²) in [6, 6.07) is 18.7. The maximum Gasteiger partial charge on any atom is 0.307 e. The van der Waals surface area contributed by atoms with Gasteiger partial charge in [0.1, 0.15) is 11.5 Å². The van der Waals surface area contributed by atoms with E-state index in [-0.39, 0.29) is 23.9 Å². The predicted molar refractivity (Wildman–Crippen MR) is 149 cm³/mol. The average Bonchev–Trinajstić information content (AvgIpc) is 3.37. The Morgan fingerprint density at radius 3 is 2.38 bits per heavy atom. The molecule has 0 aliphatic heterocycles. The van der Waals surface area contributed by atoms with Gasteiger partial charge in [0.15, 0.2) is 5.03 Å². The van der Waals surface area contributed by atoms with Gasteiger partial charge in [-0.15, -0.1) is 0 Å². The van der Waals surface area contributed by atoms with Gasteiger partial charge in [-0.3, -0.25) is 9.59 Å². The molecule has 40 heavy (non-hydrogen) atoms. The van der Waals surface area contributed by atoms with Crippen LogP contribution in [0.4, 0.5) is 0 Å². The van der Waals surface area contributed by atoms with Gasteiger partial charge in [0.25, 0.3) is 15.9 Å². The smallest absolute Gasteiger partial charge is 0.307 e. The Kier molecular flexibility index (Phi) is 9.20. The molecule has 0 saturated carbocycles. The fourth-order valence-corrected chi connectivity index (χ4v) is 5.13. The molecule has 4 aromatic rings. The Morgan fingerprint density at radius 2 is 1.73 bits per heavy atom. The maximum atomic E-state index is 12.7. The molecule has 0 aliphatic carbocycles. The van der Waals surface area contributed by atoms with Gasteiger partial charge in [0, 0.05) is 36.3 Å². The number of carbonyl (C=O) groups excluding carboxylic acids is 1. The van der Waals surface area contributed by atoms with Gasteiger partial charge in [-0.05, 0) is 60.0 Å². The maximum absolute atomic E-state index is 12.7. The van der Waals surface area contributed by atoms with Gasteiger partial charge in [-0.2, -0.15) is 0 Å². The summed E-state index contributed by atoms with van der Waals surface area (Å²) in [5.74, 6) is -0.498. The molecule has 1 amide bonds. The summed E-state index contributed by atoms with van der Waals surface area (Å²) < 4.78 is 35.3. The summed E-state index contributed by atoms with van der Waals surface area (Å²) in [5, 5.41) is 12.7. The molecule has 0 fully saturated rings. The lowest BCUT2D eigenvalue weighted by molar-refractivity contribution is -0.136. The van der Waals surface area contributed by atoms with Crippen LogP contribution in [0.2, 0.25) is 5.02 Å². The number of nitrogens with one attached hydrogen (secondary N) is 2. The van der Waals surface area contributed by atoms with Gasteiger partial charge >= 0.3 is 5.97 Å². The molecule has 1 heterocycles. The molecule has 3 aromatic carbocycles. The van der Waals surface area contributed by atoms with E-state index in [1.807, 2.05) is 12.1 Å². The number of imidazole rings is 1. The third kappa shape index (κ3) is 7.69. The fourth-order valence-electron chi connectivity index (χ4n) is 3.88. The van der Waals surface area contributed by atoms with E-state index in [1.54, 1.807) is 61.6 Å². The quantitative estimate of drug-likeness (QED) is 0.230. The summed E-state index contributed by atoms with van der Waals surface area (Å²) in [4.78, 5) is 27.6. The second-order valence-electron chi connectivity index (χ2n) is 8.94. The van der Waals surface area contributed by atoms with Crippen molar-refractivity contribution >= 4 is 33.5 Å². The lowest BCUT2D eigenvalue weighted by atomic mass is 10.1. The number of aliphatic carboxylic acids is 1. The van der Waals surface area contributed by atoms with Gasteiger partial charge in [0.05, 0.1) is 18.9 Å². The number of nitrogens with zero attached hydrogens (tertiary/aromatic N) is 2. The van der Waals surface area contributed by atoms with Crippen molar-refractivity contribution in [1.82, 2.24) is 19.6 Å². The second kappa shape index (κ2) is 12.8. The van der Waals surface area contributed by atoms with E-state index >= 15 is 0 Å². The fraction of sp³-hybridized carbons (Fsp3) is 0.179. The van der Waals surface area contributed by atoms with Gasteiger partial charge in [-0.25, -0.2) is 18.1 Å². The van der Waals surface area contributed by atoms with Gasteiger partial charge < -0.3 is 19.7 Å². The zero-order valence-corrected chi connectivity index (χ0v) is 23.1. The van der Waals surface area contributed by atoms with Crippen LogP contribution in [0.3, 0.4) is 0 Å². The molecular formula is C28H27ClN4O6S. The number of halogens is 1. The van der Waals surface area contributed by atoms with Crippen molar-refractivity contribution in [3.05, 3.63) is 107 Å². The molecule has 0 unspecified atom stereocenters. The van der Waals surface area contributed by atoms with E-state index in [0.29, 0.717) is 46.2 Å². The molecule has 208 valence electrons. The number of rotatable bonds is 12. The van der Waals surface area contributed by atoms with E-state index in [2.05, 4.69) is 15.0 Å². The summed E-state index contributed by atoms with van der Waals surface area (Å²) in [6.45, 7) is 0.309. The monoisotopic (exact) mass is 582 g/mol. The number of ether oxygens (including phenoxy) is 1. The van der Waals surface area contributed by atoms with Crippen LogP contribution in [0.1, 0.15) is 27.0 Å². The Morgan fingerprint density at radius 1 is 1.02 bits per heavy atom. The standard InChI is InChI=1S/C28H27ClN4O6S/c1-33-18-30-17-26(33)40(37,38)32-16-22-14-20(15-27(34)35)4-11-25(22)39-24-9-5-21(6-10-24)28(36)31-13-12-19-2-7-23(29)8-3-19/h2-11,14,17-18,32H,12-13,15-16H2,1H3,(H,31,36)(H,34,35). The summed E-state index contributed by atoms with van der Waals surface area (Å²) in [7, 11) is -2.32. The highest BCUT2D eigenvalue weighted by atomic mass is 35.5. The molecule has 3 N–H and O–H groups in total. The molecule has 0 bridgehead atoms.